The minimum atomic E-state index is -2.91. The van der Waals surface area contributed by atoms with Crippen LogP contribution in [0.5, 0.6) is 0 Å². The van der Waals surface area contributed by atoms with Gasteiger partial charge in [0, 0.05) is 18.2 Å². The third kappa shape index (κ3) is 4.94. The second kappa shape index (κ2) is 8.96. The minimum Gasteiger partial charge on any atom is -0.451 e. The Balaban J connectivity index is 1.38. The van der Waals surface area contributed by atoms with Gasteiger partial charge in [-0.05, 0) is 61.4 Å². The third-order valence-electron chi connectivity index (χ3n) is 7.41. The molecule has 2 saturated carbocycles. The van der Waals surface area contributed by atoms with Gasteiger partial charge in [0.15, 0.2) is 5.76 Å². The first kappa shape index (κ1) is 24.9. The smallest absolute Gasteiger partial charge is 0.287 e. The van der Waals surface area contributed by atoms with Crippen molar-refractivity contribution in [1.82, 2.24) is 10.6 Å². The van der Waals surface area contributed by atoms with E-state index in [2.05, 4.69) is 16.7 Å². The zero-order chi connectivity index (χ0) is 26.4. The molecule has 1 atom stereocenters. The molecule has 0 radical (unpaired) electrons. The Morgan fingerprint density at radius 1 is 0.973 bits per heavy atom. The normalized spacial score (nSPS) is 20.0. The number of aliphatic hydroxyl groups excluding tert-OH is 1. The number of hydrogen-bond acceptors (Lipinski definition) is 5. The van der Waals surface area contributed by atoms with Gasteiger partial charge in [-0.3, -0.25) is 9.59 Å². The summed E-state index contributed by atoms with van der Waals surface area (Å²) in [5.74, 6) is -4.25. The van der Waals surface area contributed by atoms with Crippen LogP contribution in [-0.4, -0.2) is 33.9 Å². The van der Waals surface area contributed by atoms with Crippen LogP contribution in [0.15, 0.2) is 52.9 Å². The maximum absolute atomic E-state index is 13.9. The molecule has 1 aromatic heterocycles. The number of nitriles is 1. The molecular formula is C28H27F2N3O4. The molecule has 9 heteroatoms. The average molecular weight is 508 g/mol. The van der Waals surface area contributed by atoms with Crippen LogP contribution in [0.1, 0.15) is 67.7 Å². The van der Waals surface area contributed by atoms with E-state index in [0.717, 1.165) is 16.7 Å². The molecule has 37 heavy (non-hydrogen) atoms. The summed E-state index contributed by atoms with van der Waals surface area (Å²) < 4.78 is 33.7. The van der Waals surface area contributed by atoms with E-state index in [-0.39, 0.29) is 18.6 Å². The topological polar surface area (TPSA) is 115 Å². The number of aliphatic hydroxyl groups is 1. The molecule has 1 heterocycles. The number of nitrogens with zero attached hydrogens (tertiary/aromatic N) is 1. The zero-order valence-corrected chi connectivity index (χ0v) is 20.3. The van der Waals surface area contributed by atoms with E-state index >= 15 is 0 Å². The van der Waals surface area contributed by atoms with E-state index in [1.165, 1.54) is 0 Å². The monoisotopic (exact) mass is 507 g/mol. The number of fused-ring (bicyclic) bond motifs is 1. The van der Waals surface area contributed by atoms with Gasteiger partial charge in [-0.2, -0.15) is 5.26 Å². The molecule has 2 aliphatic rings. The van der Waals surface area contributed by atoms with Crippen LogP contribution in [0.25, 0.3) is 22.1 Å². The molecule has 5 rings (SSSR count). The predicted molar refractivity (Wildman–Crippen MR) is 132 cm³/mol. The molecule has 0 bridgehead atoms. The van der Waals surface area contributed by atoms with Crippen LogP contribution in [0.4, 0.5) is 8.78 Å². The van der Waals surface area contributed by atoms with Crippen molar-refractivity contribution in [1.29, 1.82) is 5.26 Å². The Morgan fingerprint density at radius 2 is 1.62 bits per heavy atom. The lowest BCUT2D eigenvalue weighted by molar-refractivity contribution is -0.133. The number of hydrogen-bond donors (Lipinski definition) is 3. The average Bonchev–Trinajstić information content (AvgIpc) is 3.52. The van der Waals surface area contributed by atoms with Crippen LogP contribution in [0, 0.1) is 11.3 Å². The van der Waals surface area contributed by atoms with Gasteiger partial charge in [0.2, 0.25) is 11.8 Å². The van der Waals surface area contributed by atoms with Gasteiger partial charge in [0.1, 0.15) is 16.7 Å². The molecule has 1 unspecified atom stereocenters. The number of halogens is 2. The number of carbonyl (C=O) groups excluding carboxylic acids is 2. The summed E-state index contributed by atoms with van der Waals surface area (Å²) in [6, 6.07) is 16.5. The van der Waals surface area contributed by atoms with Crippen molar-refractivity contribution >= 4 is 22.8 Å². The number of amides is 2. The van der Waals surface area contributed by atoms with E-state index in [0.29, 0.717) is 23.8 Å². The molecule has 0 spiro atoms. The van der Waals surface area contributed by atoms with Gasteiger partial charge in [0.25, 0.3) is 5.91 Å². The summed E-state index contributed by atoms with van der Waals surface area (Å²) in [5.41, 5.74) is 0.459. The molecule has 0 aliphatic heterocycles. The van der Waals surface area contributed by atoms with Gasteiger partial charge in [-0.25, -0.2) is 8.78 Å². The number of alkyl halides is 2. The van der Waals surface area contributed by atoms with Crippen LogP contribution in [0.2, 0.25) is 0 Å². The van der Waals surface area contributed by atoms with Crippen molar-refractivity contribution in [3.8, 4) is 17.2 Å². The van der Waals surface area contributed by atoms with Crippen LogP contribution in [-0.2, 0) is 4.79 Å². The lowest BCUT2D eigenvalue weighted by Crippen LogP contribution is -2.62. The highest BCUT2D eigenvalue weighted by Gasteiger charge is 2.53. The fourth-order valence-electron chi connectivity index (χ4n) is 4.73. The number of nitrogens with one attached hydrogen (secondary N) is 2. The molecule has 2 aliphatic carbocycles. The van der Waals surface area contributed by atoms with Gasteiger partial charge in [-0.1, -0.05) is 36.4 Å². The minimum absolute atomic E-state index is 0.0393. The number of rotatable bonds is 6. The summed E-state index contributed by atoms with van der Waals surface area (Å²) in [4.78, 5) is 26.4. The Labute approximate surface area is 212 Å². The molecule has 7 nitrogen and oxygen atoms in total. The van der Waals surface area contributed by atoms with E-state index < -0.39 is 47.8 Å². The summed E-state index contributed by atoms with van der Waals surface area (Å²) in [6.45, 7) is 1.69. The highest BCUT2D eigenvalue weighted by atomic mass is 19.3. The highest BCUT2D eigenvalue weighted by molar-refractivity contribution is 6.00. The maximum Gasteiger partial charge on any atom is 0.287 e. The van der Waals surface area contributed by atoms with Gasteiger partial charge >= 0.3 is 0 Å². The molecular weight excluding hydrogens is 480 g/mol. The lowest BCUT2D eigenvalue weighted by Gasteiger charge is -2.39. The largest absolute Gasteiger partial charge is 0.451 e. The van der Waals surface area contributed by atoms with Crippen molar-refractivity contribution in [3.05, 3.63) is 59.9 Å². The summed E-state index contributed by atoms with van der Waals surface area (Å²) in [7, 11) is 0. The van der Waals surface area contributed by atoms with Crippen LogP contribution >= 0.6 is 0 Å². The second-order valence-electron chi connectivity index (χ2n) is 10.2. The van der Waals surface area contributed by atoms with Gasteiger partial charge in [-0.15, -0.1) is 0 Å². The quantitative estimate of drug-likeness (QED) is 0.434. The van der Waals surface area contributed by atoms with Gasteiger partial charge in [0.05, 0.1) is 12.2 Å². The van der Waals surface area contributed by atoms with Crippen molar-refractivity contribution < 1.29 is 27.9 Å². The molecule has 192 valence electrons. The standard InChI is InChI=1S/C28H27F2N3O4/c1-17(34)18-2-4-19(5-3-18)20-6-7-21-15-23(37-22(21)14-20)24(35)32-27(10-12-28(29,30)13-11-27)25(36)33-26(16-31)8-9-26/h2-7,14-15,17,34H,8-13H2,1H3,(H,32,35)(H,33,36). The zero-order valence-electron chi connectivity index (χ0n) is 20.3. The van der Waals surface area contributed by atoms with Crippen molar-refractivity contribution in [2.24, 2.45) is 0 Å². The first-order valence-electron chi connectivity index (χ1n) is 12.3. The SMILES string of the molecule is CC(O)c1ccc(-c2ccc3cc(C(=O)NC4(C(=O)NC5(C#N)CC5)CCC(F)(F)CC4)oc3c2)cc1. The maximum atomic E-state index is 13.9. The first-order chi connectivity index (χ1) is 17.5. The first-order valence-corrected chi connectivity index (χ1v) is 12.3. The molecule has 2 aromatic carbocycles. The Hall–Kier alpha value is -3.77. The summed E-state index contributed by atoms with van der Waals surface area (Å²) in [6.07, 6.45) is -1.17. The number of benzene rings is 2. The van der Waals surface area contributed by atoms with Gasteiger partial charge < -0.3 is 20.2 Å². The molecule has 2 amide bonds. The van der Waals surface area contributed by atoms with E-state index in [1.807, 2.05) is 30.3 Å². The Bertz CT molecular complexity index is 1390. The van der Waals surface area contributed by atoms with E-state index in [4.69, 9.17) is 4.42 Å². The predicted octanol–water partition coefficient (Wildman–Crippen LogP) is 5.00. The molecule has 0 saturated heterocycles. The highest BCUT2D eigenvalue weighted by Crippen LogP contribution is 2.41. The summed E-state index contributed by atoms with van der Waals surface area (Å²) >= 11 is 0. The summed E-state index contributed by atoms with van der Waals surface area (Å²) in [5, 5.41) is 25.1. The number of furan rings is 1. The van der Waals surface area contributed by atoms with Crippen LogP contribution < -0.4 is 10.6 Å². The fourth-order valence-corrected chi connectivity index (χ4v) is 4.73. The fraction of sp³-hybridized carbons (Fsp3) is 0.393. The molecule has 3 aromatic rings. The second-order valence-corrected chi connectivity index (χ2v) is 10.2. The van der Waals surface area contributed by atoms with E-state index in [9.17, 15) is 28.7 Å². The van der Waals surface area contributed by atoms with Crippen molar-refractivity contribution in [2.75, 3.05) is 0 Å². The molecule has 2 fully saturated rings. The Kier molecular flexibility index (Phi) is 6.03. The van der Waals surface area contributed by atoms with Crippen LogP contribution in [0.3, 0.4) is 0 Å². The van der Waals surface area contributed by atoms with Crippen molar-refractivity contribution in [3.63, 3.8) is 0 Å². The molecule has 3 N–H and O–H groups in total. The lowest BCUT2D eigenvalue weighted by atomic mass is 9.78. The third-order valence-corrected chi connectivity index (χ3v) is 7.41. The Morgan fingerprint density at radius 3 is 2.22 bits per heavy atom. The number of carbonyl (C=O) groups is 2. The van der Waals surface area contributed by atoms with E-state index in [1.54, 1.807) is 25.1 Å². The van der Waals surface area contributed by atoms with Crippen molar-refractivity contribution in [2.45, 2.75) is 68.6 Å².